The van der Waals surface area contributed by atoms with Crippen molar-refractivity contribution in [1.29, 1.82) is 0 Å². The summed E-state index contributed by atoms with van der Waals surface area (Å²) in [6.07, 6.45) is 0. The number of para-hydroxylation sites is 2. The first kappa shape index (κ1) is 18.5. The van der Waals surface area contributed by atoms with E-state index in [9.17, 15) is 0 Å². The third-order valence-corrected chi connectivity index (χ3v) is 5.15. The summed E-state index contributed by atoms with van der Waals surface area (Å²) >= 11 is 7.43. The zero-order chi connectivity index (χ0) is 19.5. The van der Waals surface area contributed by atoms with E-state index >= 15 is 0 Å². The molecule has 28 heavy (non-hydrogen) atoms. The second-order valence-corrected chi connectivity index (χ2v) is 7.51. The summed E-state index contributed by atoms with van der Waals surface area (Å²) < 4.78 is 12.8. The van der Waals surface area contributed by atoms with E-state index in [1.54, 1.807) is 23.9 Å². The molecule has 0 aliphatic rings. The van der Waals surface area contributed by atoms with Gasteiger partial charge in [0.25, 0.3) is 0 Å². The molecule has 0 aliphatic heterocycles. The number of hydrogen-bond acceptors (Lipinski definition) is 8. The number of tetrazole rings is 1. The average molecular weight is 415 g/mol. The lowest BCUT2D eigenvalue weighted by Crippen LogP contribution is -2.02. The van der Waals surface area contributed by atoms with Gasteiger partial charge < -0.3 is 9.15 Å². The number of halogens is 1. The predicted molar refractivity (Wildman–Crippen MR) is 105 cm³/mol. The van der Waals surface area contributed by atoms with Crippen LogP contribution in [0.2, 0.25) is 5.02 Å². The van der Waals surface area contributed by atoms with Crippen molar-refractivity contribution in [1.82, 2.24) is 30.4 Å². The van der Waals surface area contributed by atoms with Gasteiger partial charge in [-0.15, -0.1) is 15.3 Å². The van der Waals surface area contributed by atoms with Gasteiger partial charge in [-0.3, -0.25) is 0 Å². The molecule has 0 saturated carbocycles. The minimum Gasteiger partial charge on any atom is -0.494 e. The number of thioether (sulfide) groups is 1. The number of rotatable bonds is 6. The van der Waals surface area contributed by atoms with Crippen LogP contribution in [0.15, 0.2) is 58.1 Å². The van der Waals surface area contributed by atoms with Crippen LogP contribution in [-0.4, -0.2) is 37.5 Å². The van der Waals surface area contributed by atoms with Crippen molar-refractivity contribution in [2.24, 2.45) is 0 Å². The van der Waals surface area contributed by atoms with Crippen molar-refractivity contribution in [3.63, 3.8) is 0 Å². The first-order chi connectivity index (χ1) is 13.7. The van der Waals surface area contributed by atoms with Gasteiger partial charge in [-0.05, 0) is 47.7 Å². The molecule has 2 aromatic carbocycles. The molecule has 0 spiro atoms. The molecule has 0 aliphatic carbocycles. The summed E-state index contributed by atoms with van der Waals surface area (Å²) in [5.74, 6) is 1.55. The average Bonchev–Trinajstić information content (AvgIpc) is 3.38. The van der Waals surface area contributed by atoms with Gasteiger partial charge in [0.2, 0.25) is 16.9 Å². The van der Waals surface area contributed by atoms with Crippen molar-refractivity contribution in [2.75, 3.05) is 7.11 Å². The molecule has 4 rings (SSSR count). The molecule has 2 aromatic heterocycles. The topological polar surface area (TPSA) is 91.8 Å². The summed E-state index contributed by atoms with van der Waals surface area (Å²) in [6, 6.07) is 14.8. The number of methoxy groups -OCH3 is 1. The Bertz CT molecular complexity index is 1100. The molecule has 4 aromatic rings. The monoisotopic (exact) mass is 414 g/mol. The summed E-state index contributed by atoms with van der Waals surface area (Å²) in [7, 11) is 1.61. The van der Waals surface area contributed by atoms with E-state index in [0.717, 1.165) is 11.3 Å². The van der Waals surface area contributed by atoms with Crippen LogP contribution in [0, 0.1) is 0 Å². The third kappa shape index (κ3) is 3.71. The number of benzene rings is 2. The van der Waals surface area contributed by atoms with Gasteiger partial charge in [-0.1, -0.05) is 41.6 Å². The number of aromatic nitrogens is 6. The lowest BCUT2D eigenvalue weighted by Gasteiger charge is -2.10. The molecule has 2 heterocycles. The van der Waals surface area contributed by atoms with Crippen LogP contribution in [0.4, 0.5) is 0 Å². The number of ether oxygens (including phenoxy) is 1. The zero-order valence-corrected chi connectivity index (χ0v) is 16.6. The Hall–Kier alpha value is -2.91. The minimum absolute atomic E-state index is 0.167. The van der Waals surface area contributed by atoms with Gasteiger partial charge in [0.05, 0.1) is 12.4 Å². The van der Waals surface area contributed by atoms with E-state index in [1.165, 1.54) is 11.8 Å². The van der Waals surface area contributed by atoms with Crippen LogP contribution < -0.4 is 4.74 Å². The molecule has 0 amide bonds. The van der Waals surface area contributed by atoms with E-state index < -0.39 is 0 Å². The van der Waals surface area contributed by atoms with Crippen LogP contribution in [0.3, 0.4) is 0 Å². The fourth-order valence-electron chi connectivity index (χ4n) is 2.55. The molecule has 0 fully saturated rings. The fraction of sp³-hybridized carbons (Fsp3) is 0.167. The summed E-state index contributed by atoms with van der Waals surface area (Å²) in [5.41, 5.74) is 1.51. The largest absolute Gasteiger partial charge is 0.494 e. The maximum absolute atomic E-state index is 6.03. The van der Waals surface area contributed by atoms with Crippen molar-refractivity contribution >= 4 is 23.4 Å². The second-order valence-electron chi connectivity index (χ2n) is 5.76. The van der Waals surface area contributed by atoms with Gasteiger partial charge in [0, 0.05) is 10.6 Å². The maximum atomic E-state index is 6.03. The predicted octanol–water partition coefficient (Wildman–Crippen LogP) is 4.23. The molecule has 0 unspecified atom stereocenters. The molecular formula is C18H15ClN6O2S. The standard InChI is InChI=1S/C18H15ClN6O2S/c1-11(16-20-21-17(27-16)12-6-5-7-13(19)10-12)28-18-22-23-24-25(18)14-8-3-4-9-15(14)26-2/h3-11H,1-2H3/t11-/m1/s1. The minimum atomic E-state index is -0.167. The Labute approximate surface area is 169 Å². The van der Waals surface area contributed by atoms with Crippen molar-refractivity contribution in [3.8, 4) is 22.9 Å². The Morgan fingerprint density at radius 1 is 1.11 bits per heavy atom. The molecule has 1 atom stereocenters. The Morgan fingerprint density at radius 3 is 2.79 bits per heavy atom. The van der Waals surface area contributed by atoms with Crippen molar-refractivity contribution in [2.45, 2.75) is 17.3 Å². The van der Waals surface area contributed by atoms with Crippen LogP contribution >= 0.6 is 23.4 Å². The van der Waals surface area contributed by atoms with Gasteiger partial charge in [0.15, 0.2) is 0 Å². The second kappa shape index (κ2) is 7.99. The highest BCUT2D eigenvalue weighted by Gasteiger charge is 2.21. The van der Waals surface area contributed by atoms with Crippen LogP contribution in [-0.2, 0) is 0 Å². The van der Waals surface area contributed by atoms with Crippen LogP contribution in [0.1, 0.15) is 18.1 Å². The molecule has 8 nitrogen and oxygen atoms in total. The van der Waals surface area contributed by atoms with Gasteiger partial charge in [-0.25, -0.2) is 0 Å². The highest BCUT2D eigenvalue weighted by Crippen LogP contribution is 2.35. The Kier molecular flexibility index (Phi) is 5.27. The first-order valence-electron chi connectivity index (χ1n) is 8.33. The van der Waals surface area contributed by atoms with Crippen molar-refractivity contribution in [3.05, 3.63) is 59.4 Å². The molecule has 10 heteroatoms. The quantitative estimate of drug-likeness (QED) is 0.433. The highest BCUT2D eigenvalue weighted by atomic mass is 35.5. The van der Waals surface area contributed by atoms with E-state index in [2.05, 4.69) is 25.7 Å². The van der Waals surface area contributed by atoms with Crippen molar-refractivity contribution < 1.29 is 9.15 Å². The SMILES string of the molecule is COc1ccccc1-n1nnnc1S[C@H](C)c1nnc(-c2cccc(Cl)c2)o1. The summed E-state index contributed by atoms with van der Waals surface area (Å²) in [4.78, 5) is 0. The molecule has 0 bridgehead atoms. The number of nitrogens with zero attached hydrogens (tertiary/aromatic N) is 6. The Balaban J connectivity index is 1.57. The lowest BCUT2D eigenvalue weighted by molar-refractivity contribution is 0.410. The van der Waals surface area contributed by atoms with Gasteiger partial charge in [-0.2, -0.15) is 4.68 Å². The van der Waals surface area contributed by atoms with E-state index in [0.29, 0.717) is 27.7 Å². The molecule has 0 N–H and O–H groups in total. The summed E-state index contributed by atoms with van der Waals surface area (Å²) in [5, 5.41) is 21.3. The van der Waals surface area contributed by atoms with E-state index in [4.69, 9.17) is 20.8 Å². The van der Waals surface area contributed by atoms with Crippen LogP contribution in [0.5, 0.6) is 5.75 Å². The molecule has 0 radical (unpaired) electrons. The highest BCUT2D eigenvalue weighted by molar-refractivity contribution is 7.99. The number of hydrogen-bond donors (Lipinski definition) is 0. The molecular weight excluding hydrogens is 400 g/mol. The summed E-state index contributed by atoms with van der Waals surface area (Å²) in [6.45, 7) is 1.95. The maximum Gasteiger partial charge on any atom is 0.247 e. The smallest absolute Gasteiger partial charge is 0.247 e. The molecule has 142 valence electrons. The third-order valence-electron chi connectivity index (χ3n) is 3.90. The normalized spacial score (nSPS) is 12.1. The van der Waals surface area contributed by atoms with Crippen LogP contribution in [0.25, 0.3) is 17.1 Å². The fourth-order valence-corrected chi connectivity index (χ4v) is 3.57. The van der Waals surface area contributed by atoms with Gasteiger partial charge in [0.1, 0.15) is 11.4 Å². The van der Waals surface area contributed by atoms with Gasteiger partial charge >= 0.3 is 0 Å². The van der Waals surface area contributed by atoms with E-state index in [-0.39, 0.29) is 5.25 Å². The zero-order valence-electron chi connectivity index (χ0n) is 15.0. The first-order valence-corrected chi connectivity index (χ1v) is 9.59. The lowest BCUT2D eigenvalue weighted by atomic mass is 10.2. The molecule has 0 saturated heterocycles. The van der Waals surface area contributed by atoms with E-state index in [1.807, 2.05) is 43.3 Å². The Morgan fingerprint density at radius 2 is 1.96 bits per heavy atom.